The van der Waals surface area contributed by atoms with Crippen LogP contribution in [0.5, 0.6) is 11.6 Å². The van der Waals surface area contributed by atoms with Crippen molar-refractivity contribution < 1.29 is 14.3 Å². The minimum absolute atomic E-state index is 0.361. The fourth-order valence-electron chi connectivity index (χ4n) is 1.56. The smallest absolute Gasteiger partial charge is 0.412 e. The Kier molecular flexibility index (Phi) is 4.97. The lowest BCUT2D eigenvalue weighted by atomic mass is 10.2. The zero-order valence-corrected chi connectivity index (χ0v) is 14.0. The molecule has 1 heterocycles. The second-order valence-corrected chi connectivity index (χ2v) is 6.22. The summed E-state index contributed by atoms with van der Waals surface area (Å²) in [6.45, 7) is 5.40. The third-order valence-electron chi connectivity index (χ3n) is 2.35. The van der Waals surface area contributed by atoms with Gasteiger partial charge in [-0.3, -0.25) is 5.32 Å². The molecule has 116 valence electrons. The lowest BCUT2D eigenvalue weighted by Crippen LogP contribution is -2.27. The van der Waals surface area contributed by atoms with Crippen LogP contribution < -0.4 is 10.1 Å². The number of amides is 1. The number of aromatic nitrogens is 2. The Morgan fingerprint density at radius 3 is 2.64 bits per heavy atom. The Bertz CT molecular complexity index is 671. The zero-order valence-electron chi connectivity index (χ0n) is 12.5. The zero-order chi connectivity index (χ0) is 16.2. The first-order valence-electron chi connectivity index (χ1n) is 6.58. The monoisotopic (exact) mass is 365 g/mol. The third kappa shape index (κ3) is 5.00. The number of ether oxygens (including phenoxy) is 2. The van der Waals surface area contributed by atoms with E-state index in [0.717, 1.165) is 0 Å². The van der Waals surface area contributed by atoms with Crippen LogP contribution in [-0.2, 0) is 4.74 Å². The molecule has 2 rings (SSSR count). The van der Waals surface area contributed by atoms with Gasteiger partial charge >= 0.3 is 6.09 Å². The molecule has 7 heteroatoms. The highest BCUT2D eigenvalue weighted by atomic mass is 79.9. The predicted octanol–water partition coefficient (Wildman–Crippen LogP) is 4.38. The molecule has 0 radical (unpaired) electrons. The lowest BCUT2D eigenvalue weighted by molar-refractivity contribution is 0.0635. The molecule has 1 amide bonds. The Morgan fingerprint density at radius 1 is 1.23 bits per heavy atom. The van der Waals surface area contributed by atoms with Crippen molar-refractivity contribution in [2.24, 2.45) is 0 Å². The second kappa shape index (κ2) is 6.74. The number of anilines is 1. The normalized spacial score (nSPS) is 10.9. The van der Waals surface area contributed by atoms with Crippen molar-refractivity contribution in [1.29, 1.82) is 0 Å². The number of benzene rings is 1. The van der Waals surface area contributed by atoms with Crippen LogP contribution in [0.1, 0.15) is 20.8 Å². The summed E-state index contributed by atoms with van der Waals surface area (Å²) in [4.78, 5) is 19.8. The molecule has 0 saturated heterocycles. The van der Waals surface area contributed by atoms with Crippen LogP contribution in [0.25, 0.3) is 0 Å². The van der Waals surface area contributed by atoms with Gasteiger partial charge in [0.2, 0.25) is 5.88 Å². The number of carbonyl (C=O) groups excluding carboxylic acids is 1. The summed E-state index contributed by atoms with van der Waals surface area (Å²) < 4.78 is 11.5. The van der Waals surface area contributed by atoms with Gasteiger partial charge in [0, 0.05) is 6.07 Å². The highest BCUT2D eigenvalue weighted by Crippen LogP contribution is 2.29. The number of hydrogen-bond acceptors (Lipinski definition) is 5. The van der Waals surface area contributed by atoms with E-state index in [4.69, 9.17) is 9.47 Å². The predicted molar refractivity (Wildman–Crippen MR) is 86.1 cm³/mol. The van der Waals surface area contributed by atoms with Crippen LogP contribution >= 0.6 is 15.9 Å². The van der Waals surface area contributed by atoms with Crippen molar-refractivity contribution in [3.63, 3.8) is 0 Å². The van der Waals surface area contributed by atoms with Gasteiger partial charge in [-0.15, -0.1) is 0 Å². The molecule has 1 N–H and O–H groups in total. The maximum atomic E-state index is 11.9. The van der Waals surface area contributed by atoms with Crippen molar-refractivity contribution in [1.82, 2.24) is 9.97 Å². The quantitative estimate of drug-likeness (QED) is 0.817. The number of carbonyl (C=O) groups is 1. The Hall–Kier alpha value is -2.15. The van der Waals surface area contributed by atoms with E-state index < -0.39 is 11.7 Å². The molecule has 0 aliphatic heterocycles. The van der Waals surface area contributed by atoms with Gasteiger partial charge in [0.1, 0.15) is 16.5 Å². The molecule has 22 heavy (non-hydrogen) atoms. The minimum Gasteiger partial charge on any atom is -0.444 e. The van der Waals surface area contributed by atoms with E-state index in [9.17, 15) is 4.79 Å². The average Bonchev–Trinajstić information content (AvgIpc) is 2.39. The van der Waals surface area contributed by atoms with Crippen molar-refractivity contribution in [3.8, 4) is 11.6 Å². The molecule has 0 aliphatic rings. The summed E-state index contributed by atoms with van der Waals surface area (Å²) in [6.07, 6.45) is 0.830. The van der Waals surface area contributed by atoms with Crippen molar-refractivity contribution in [2.45, 2.75) is 26.4 Å². The van der Waals surface area contributed by atoms with E-state index in [1.807, 2.05) is 0 Å². The van der Waals surface area contributed by atoms with E-state index in [1.54, 1.807) is 51.1 Å². The van der Waals surface area contributed by atoms with Gasteiger partial charge < -0.3 is 9.47 Å². The maximum absolute atomic E-state index is 11.9. The van der Waals surface area contributed by atoms with Gasteiger partial charge in [0.05, 0.1) is 5.69 Å². The number of hydrogen-bond donors (Lipinski definition) is 1. The van der Waals surface area contributed by atoms with Crippen molar-refractivity contribution in [3.05, 3.63) is 41.3 Å². The van der Waals surface area contributed by atoms with Crippen molar-refractivity contribution >= 4 is 27.7 Å². The number of nitrogens with zero attached hydrogens (tertiary/aromatic N) is 2. The van der Waals surface area contributed by atoms with E-state index in [0.29, 0.717) is 21.9 Å². The molecule has 0 spiro atoms. The maximum Gasteiger partial charge on any atom is 0.412 e. The summed E-state index contributed by atoms with van der Waals surface area (Å²) in [5.74, 6) is 0.819. The van der Waals surface area contributed by atoms with Crippen LogP contribution in [0.2, 0.25) is 0 Å². The topological polar surface area (TPSA) is 73.3 Å². The standard InChI is InChI=1S/C15H16BrN3O3/c1-15(2,3)22-14(20)19-10-6-4-5-7-11(10)21-13-8-12(16)17-9-18-13/h4-9H,1-3H3,(H,19,20). The molecule has 0 unspecified atom stereocenters. The summed E-state index contributed by atoms with van der Waals surface area (Å²) in [5, 5.41) is 2.66. The minimum atomic E-state index is -0.572. The van der Waals surface area contributed by atoms with Gasteiger partial charge in [-0.1, -0.05) is 12.1 Å². The van der Waals surface area contributed by atoms with E-state index in [1.165, 1.54) is 6.33 Å². The van der Waals surface area contributed by atoms with Crippen LogP contribution in [-0.4, -0.2) is 21.7 Å². The number of halogens is 1. The van der Waals surface area contributed by atoms with Crippen molar-refractivity contribution in [2.75, 3.05) is 5.32 Å². The molecule has 2 aromatic rings. The van der Waals surface area contributed by atoms with Gasteiger partial charge in [-0.2, -0.15) is 0 Å². The van der Waals surface area contributed by atoms with Crippen LogP contribution in [0.4, 0.5) is 10.5 Å². The SMILES string of the molecule is CC(C)(C)OC(=O)Nc1ccccc1Oc1cc(Br)ncn1. The molecule has 0 atom stereocenters. The van der Waals surface area contributed by atoms with E-state index in [2.05, 4.69) is 31.2 Å². The molecular weight excluding hydrogens is 350 g/mol. The first kappa shape index (κ1) is 16.2. The van der Waals surface area contributed by atoms with Crippen LogP contribution in [0.15, 0.2) is 41.3 Å². The first-order chi connectivity index (χ1) is 10.3. The van der Waals surface area contributed by atoms with Gasteiger partial charge in [0.15, 0.2) is 5.75 Å². The molecule has 1 aromatic carbocycles. The summed E-state index contributed by atoms with van der Waals surface area (Å²) >= 11 is 3.25. The van der Waals surface area contributed by atoms with E-state index >= 15 is 0 Å². The van der Waals surface area contributed by atoms with Crippen LogP contribution in [0, 0.1) is 0 Å². The van der Waals surface area contributed by atoms with Gasteiger partial charge in [-0.05, 0) is 48.8 Å². The fraction of sp³-hybridized carbons (Fsp3) is 0.267. The molecule has 0 fully saturated rings. The Balaban J connectivity index is 2.15. The number of nitrogens with one attached hydrogen (secondary N) is 1. The average molecular weight is 366 g/mol. The Labute approximate surface area is 137 Å². The summed E-state index contributed by atoms with van der Waals surface area (Å²) in [7, 11) is 0. The third-order valence-corrected chi connectivity index (χ3v) is 2.78. The van der Waals surface area contributed by atoms with Gasteiger partial charge in [-0.25, -0.2) is 14.8 Å². The highest BCUT2D eigenvalue weighted by Gasteiger charge is 2.17. The summed E-state index contributed by atoms with van der Waals surface area (Å²) in [6, 6.07) is 8.66. The molecule has 0 saturated carbocycles. The summed E-state index contributed by atoms with van der Waals surface area (Å²) in [5.41, 5.74) is -0.0799. The molecule has 1 aromatic heterocycles. The molecule has 0 bridgehead atoms. The number of para-hydroxylation sites is 2. The second-order valence-electron chi connectivity index (χ2n) is 5.40. The molecule has 0 aliphatic carbocycles. The molecule has 6 nitrogen and oxygen atoms in total. The lowest BCUT2D eigenvalue weighted by Gasteiger charge is -2.20. The Morgan fingerprint density at radius 2 is 1.95 bits per heavy atom. The highest BCUT2D eigenvalue weighted by molar-refractivity contribution is 9.10. The van der Waals surface area contributed by atoms with E-state index in [-0.39, 0.29) is 0 Å². The van der Waals surface area contributed by atoms with Gasteiger partial charge in [0.25, 0.3) is 0 Å². The largest absolute Gasteiger partial charge is 0.444 e. The first-order valence-corrected chi connectivity index (χ1v) is 7.37. The fourth-order valence-corrected chi connectivity index (χ4v) is 1.85. The molecular formula is C15H16BrN3O3. The number of rotatable bonds is 3. The van der Waals surface area contributed by atoms with Crippen LogP contribution in [0.3, 0.4) is 0 Å².